The zero-order valence-electron chi connectivity index (χ0n) is 9.68. The Labute approximate surface area is 95.8 Å². The number of aliphatic imine (C=N–C) groups is 1. The Kier molecular flexibility index (Phi) is 4.79. The molecule has 1 rings (SSSR count). The van der Waals surface area contributed by atoms with Crippen molar-refractivity contribution in [3.05, 3.63) is 24.3 Å². The summed E-state index contributed by atoms with van der Waals surface area (Å²) in [6.07, 6.45) is -0.576. The number of nitrogens with zero attached hydrogens (tertiary/aromatic N) is 1. The second kappa shape index (κ2) is 6.12. The molecule has 3 N–H and O–H groups in total. The van der Waals surface area contributed by atoms with Gasteiger partial charge >= 0.3 is 0 Å². The molecule has 1 atom stereocenters. The third-order valence-electron chi connectivity index (χ3n) is 1.94. The van der Waals surface area contributed by atoms with Gasteiger partial charge in [-0.15, -0.1) is 0 Å². The van der Waals surface area contributed by atoms with Crippen LogP contribution in [0.2, 0.25) is 0 Å². The fourth-order valence-corrected chi connectivity index (χ4v) is 1.10. The molecule has 1 aromatic rings. The van der Waals surface area contributed by atoms with Crippen molar-refractivity contribution >= 4 is 11.4 Å². The van der Waals surface area contributed by atoms with Crippen molar-refractivity contribution in [1.29, 1.82) is 0 Å². The first kappa shape index (κ1) is 12.5. The predicted molar refractivity (Wildman–Crippen MR) is 66.0 cm³/mol. The first-order valence-electron chi connectivity index (χ1n) is 5.22. The van der Waals surface area contributed by atoms with Crippen LogP contribution < -0.4 is 10.5 Å². The minimum Gasteiger partial charge on any atom is -0.491 e. The Morgan fingerprint density at radius 1 is 1.38 bits per heavy atom. The van der Waals surface area contributed by atoms with Crippen LogP contribution >= 0.6 is 0 Å². The van der Waals surface area contributed by atoms with Gasteiger partial charge in [-0.2, -0.15) is 0 Å². The molecular weight excluding hydrogens is 204 g/mol. The lowest BCUT2D eigenvalue weighted by atomic mass is 10.3. The van der Waals surface area contributed by atoms with Crippen LogP contribution in [-0.4, -0.2) is 30.1 Å². The third-order valence-corrected chi connectivity index (χ3v) is 1.94. The van der Waals surface area contributed by atoms with Gasteiger partial charge in [0.25, 0.3) is 0 Å². The van der Waals surface area contributed by atoms with Crippen LogP contribution in [0.15, 0.2) is 29.3 Å². The number of benzene rings is 1. The summed E-state index contributed by atoms with van der Waals surface area (Å²) in [6, 6.07) is 7.07. The van der Waals surface area contributed by atoms with E-state index in [2.05, 4.69) is 4.99 Å². The molecule has 0 aliphatic rings. The normalized spacial score (nSPS) is 11.9. The number of ether oxygens (including phenoxy) is 1. The fourth-order valence-electron chi connectivity index (χ4n) is 1.10. The first-order valence-corrected chi connectivity index (χ1v) is 5.22. The molecule has 88 valence electrons. The van der Waals surface area contributed by atoms with Gasteiger partial charge in [0.2, 0.25) is 0 Å². The van der Waals surface area contributed by atoms with E-state index in [0.717, 1.165) is 5.71 Å². The summed E-state index contributed by atoms with van der Waals surface area (Å²) in [5, 5.41) is 9.56. The van der Waals surface area contributed by atoms with Gasteiger partial charge in [0.15, 0.2) is 0 Å². The minimum atomic E-state index is -0.576. The van der Waals surface area contributed by atoms with Gasteiger partial charge in [-0.3, -0.25) is 4.99 Å². The van der Waals surface area contributed by atoms with Gasteiger partial charge in [-0.05, 0) is 38.1 Å². The highest BCUT2D eigenvalue weighted by Gasteiger charge is 2.03. The molecular formula is C12H18N2O2. The topological polar surface area (TPSA) is 67.8 Å². The van der Waals surface area contributed by atoms with Gasteiger partial charge in [0.05, 0.1) is 6.54 Å². The highest BCUT2D eigenvalue weighted by atomic mass is 16.5. The van der Waals surface area contributed by atoms with E-state index in [-0.39, 0.29) is 6.61 Å². The number of anilines is 1. The number of nitrogens with two attached hydrogens (primary N) is 1. The summed E-state index contributed by atoms with van der Waals surface area (Å²) in [5.41, 5.74) is 7.19. The molecule has 0 radical (unpaired) electrons. The molecule has 0 heterocycles. The van der Waals surface area contributed by atoms with E-state index in [1.807, 2.05) is 13.8 Å². The number of hydrogen-bond acceptors (Lipinski definition) is 4. The van der Waals surface area contributed by atoms with Crippen LogP contribution in [0.1, 0.15) is 13.8 Å². The molecule has 1 unspecified atom stereocenters. The molecule has 16 heavy (non-hydrogen) atoms. The van der Waals surface area contributed by atoms with Crippen LogP contribution in [0.25, 0.3) is 0 Å². The van der Waals surface area contributed by atoms with Crippen LogP contribution in [0, 0.1) is 0 Å². The minimum absolute atomic E-state index is 0.237. The summed E-state index contributed by atoms with van der Waals surface area (Å²) in [7, 11) is 0. The summed E-state index contributed by atoms with van der Waals surface area (Å²) in [5.74, 6) is 0.699. The molecule has 4 nitrogen and oxygen atoms in total. The van der Waals surface area contributed by atoms with Crippen molar-refractivity contribution in [2.75, 3.05) is 18.9 Å². The van der Waals surface area contributed by atoms with Crippen molar-refractivity contribution in [2.24, 2.45) is 4.99 Å². The van der Waals surface area contributed by atoms with E-state index in [1.165, 1.54) is 0 Å². The molecule has 0 aliphatic carbocycles. The largest absolute Gasteiger partial charge is 0.491 e. The number of hydrogen-bond donors (Lipinski definition) is 2. The van der Waals surface area contributed by atoms with Gasteiger partial charge in [0, 0.05) is 11.4 Å². The molecule has 1 aromatic carbocycles. The number of rotatable bonds is 5. The summed E-state index contributed by atoms with van der Waals surface area (Å²) in [4.78, 5) is 4.12. The molecule has 0 amide bonds. The summed E-state index contributed by atoms with van der Waals surface area (Å²) < 4.78 is 5.38. The Morgan fingerprint density at radius 2 is 2.00 bits per heavy atom. The van der Waals surface area contributed by atoms with Crippen molar-refractivity contribution in [3.63, 3.8) is 0 Å². The monoisotopic (exact) mass is 222 g/mol. The molecule has 4 heteroatoms. The number of nitrogen functional groups attached to an aromatic ring is 1. The van der Waals surface area contributed by atoms with Crippen molar-refractivity contribution < 1.29 is 9.84 Å². The lowest BCUT2D eigenvalue weighted by molar-refractivity contribution is 0.114. The summed E-state index contributed by atoms with van der Waals surface area (Å²) in [6.45, 7) is 4.40. The Balaban J connectivity index is 2.34. The lowest BCUT2D eigenvalue weighted by Gasteiger charge is -2.10. The molecule has 0 saturated heterocycles. The Bertz CT molecular complexity index is 343. The van der Waals surface area contributed by atoms with Crippen LogP contribution in [-0.2, 0) is 0 Å². The van der Waals surface area contributed by atoms with Crippen molar-refractivity contribution in [2.45, 2.75) is 20.0 Å². The van der Waals surface area contributed by atoms with Crippen LogP contribution in [0.3, 0.4) is 0 Å². The standard InChI is InChI=1S/C12H18N2O2/c1-9(2)14-7-11(15)8-16-12-5-3-10(13)4-6-12/h3-6,11,15H,7-8,13H2,1-2H3. The predicted octanol–water partition coefficient (Wildman–Crippen LogP) is 1.49. The van der Waals surface area contributed by atoms with E-state index in [9.17, 15) is 5.11 Å². The average Bonchev–Trinajstić information content (AvgIpc) is 2.25. The third kappa shape index (κ3) is 4.79. The Morgan fingerprint density at radius 3 is 2.56 bits per heavy atom. The fraction of sp³-hybridized carbons (Fsp3) is 0.417. The van der Waals surface area contributed by atoms with Gasteiger partial charge in [0.1, 0.15) is 18.5 Å². The smallest absolute Gasteiger partial charge is 0.119 e. The molecule has 0 spiro atoms. The SMILES string of the molecule is CC(C)=NCC(O)COc1ccc(N)cc1. The second-order valence-corrected chi connectivity index (χ2v) is 3.82. The van der Waals surface area contributed by atoms with Gasteiger partial charge < -0.3 is 15.6 Å². The maximum Gasteiger partial charge on any atom is 0.119 e. The van der Waals surface area contributed by atoms with E-state index in [0.29, 0.717) is 18.0 Å². The zero-order valence-corrected chi connectivity index (χ0v) is 9.68. The molecule has 0 bridgehead atoms. The summed E-state index contributed by atoms with van der Waals surface area (Å²) >= 11 is 0. The highest BCUT2D eigenvalue weighted by molar-refractivity contribution is 5.79. The number of aliphatic hydroxyl groups is 1. The van der Waals surface area contributed by atoms with Crippen LogP contribution in [0.4, 0.5) is 5.69 Å². The molecule has 0 aromatic heterocycles. The van der Waals surface area contributed by atoms with Crippen molar-refractivity contribution in [1.82, 2.24) is 0 Å². The van der Waals surface area contributed by atoms with Crippen molar-refractivity contribution in [3.8, 4) is 5.75 Å². The number of aliphatic hydroxyl groups excluding tert-OH is 1. The van der Waals surface area contributed by atoms with E-state index in [1.54, 1.807) is 24.3 Å². The quantitative estimate of drug-likeness (QED) is 0.586. The lowest BCUT2D eigenvalue weighted by Crippen LogP contribution is -2.21. The van der Waals surface area contributed by atoms with E-state index < -0.39 is 6.10 Å². The molecule has 0 aliphatic heterocycles. The van der Waals surface area contributed by atoms with Gasteiger partial charge in [-0.25, -0.2) is 0 Å². The second-order valence-electron chi connectivity index (χ2n) is 3.82. The van der Waals surface area contributed by atoms with E-state index >= 15 is 0 Å². The zero-order chi connectivity index (χ0) is 12.0. The van der Waals surface area contributed by atoms with Crippen LogP contribution in [0.5, 0.6) is 5.75 Å². The first-order chi connectivity index (χ1) is 7.58. The molecule has 0 fully saturated rings. The maximum absolute atomic E-state index is 9.56. The Hall–Kier alpha value is -1.55. The molecule has 0 saturated carbocycles. The maximum atomic E-state index is 9.56. The van der Waals surface area contributed by atoms with Gasteiger partial charge in [-0.1, -0.05) is 0 Å². The average molecular weight is 222 g/mol. The highest BCUT2D eigenvalue weighted by Crippen LogP contribution is 2.13. The van der Waals surface area contributed by atoms with E-state index in [4.69, 9.17) is 10.5 Å².